The number of nitrogens with one attached hydrogen (secondary N) is 1. The van der Waals surface area contributed by atoms with E-state index in [1.54, 1.807) is 6.07 Å². The van der Waals surface area contributed by atoms with Crippen molar-refractivity contribution in [3.63, 3.8) is 0 Å². The number of nitrogens with zero attached hydrogens (tertiary/aromatic N) is 4. The maximum atomic E-state index is 11.1. The Morgan fingerprint density at radius 2 is 2.14 bits per heavy atom. The molecule has 2 aromatic rings. The molecule has 0 bridgehead atoms. The van der Waals surface area contributed by atoms with Gasteiger partial charge in [-0.05, 0) is 30.5 Å². The fourth-order valence-corrected chi connectivity index (χ4v) is 3.84. The van der Waals surface area contributed by atoms with Crippen molar-refractivity contribution in [2.24, 2.45) is 0 Å². The smallest absolute Gasteiger partial charge is 0.301 e. The zero-order valence-corrected chi connectivity index (χ0v) is 13.8. The summed E-state index contributed by atoms with van der Waals surface area (Å²) >= 11 is 4.05. The SMILES string of the molecule is CCCNc1ccc([N+](=O)[O-])c(Sc2nnc(SC)s2)n1. The van der Waals surface area contributed by atoms with Gasteiger partial charge in [0.1, 0.15) is 5.82 Å². The first kappa shape index (κ1) is 16.0. The summed E-state index contributed by atoms with van der Waals surface area (Å²) in [5, 5.41) is 22.5. The Bertz CT molecular complexity index is 634. The van der Waals surface area contributed by atoms with Crippen LogP contribution in [0.5, 0.6) is 0 Å². The first-order valence-electron chi connectivity index (χ1n) is 6.08. The molecule has 2 heterocycles. The monoisotopic (exact) mass is 343 g/mol. The quantitative estimate of drug-likeness (QED) is 0.463. The van der Waals surface area contributed by atoms with Crippen LogP contribution in [0.2, 0.25) is 0 Å². The first-order chi connectivity index (χ1) is 10.1. The number of thioether (sulfide) groups is 1. The molecule has 7 nitrogen and oxygen atoms in total. The highest BCUT2D eigenvalue weighted by atomic mass is 32.2. The molecule has 0 unspecified atom stereocenters. The average molecular weight is 343 g/mol. The Hall–Kier alpha value is -1.39. The van der Waals surface area contributed by atoms with Crippen molar-refractivity contribution in [3.8, 4) is 0 Å². The van der Waals surface area contributed by atoms with Crippen LogP contribution in [0.25, 0.3) is 0 Å². The molecule has 0 aromatic carbocycles. The van der Waals surface area contributed by atoms with Gasteiger partial charge in [-0.2, -0.15) is 0 Å². The van der Waals surface area contributed by atoms with E-state index < -0.39 is 4.92 Å². The number of aromatic nitrogens is 3. The van der Waals surface area contributed by atoms with Crippen molar-refractivity contribution in [1.29, 1.82) is 0 Å². The van der Waals surface area contributed by atoms with E-state index in [4.69, 9.17) is 0 Å². The third-order valence-corrected chi connectivity index (χ3v) is 5.28. The van der Waals surface area contributed by atoms with Gasteiger partial charge in [-0.25, -0.2) is 4.98 Å². The van der Waals surface area contributed by atoms with Gasteiger partial charge in [-0.1, -0.05) is 30.0 Å². The Kier molecular flexibility index (Phi) is 5.76. The molecule has 2 aromatic heterocycles. The van der Waals surface area contributed by atoms with Crippen LogP contribution in [-0.4, -0.2) is 32.9 Å². The molecule has 1 N–H and O–H groups in total. The number of pyridine rings is 1. The summed E-state index contributed by atoms with van der Waals surface area (Å²) in [7, 11) is 0. The molecule has 0 saturated carbocycles. The Labute approximate surface area is 134 Å². The number of anilines is 1. The predicted molar refractivity (Wildman–Crippen MR) is 85.5 cm³/mol. The van der Waals surface area contributed by atoms with Gasteiger partial charge in [-0.3, -0.25) is 10.1 Å². The zero-order valence-electron chi connectivity index (χ0n) is 11.4. The Morgan fingerprint density at radius 1 is 1.38 bits per heavy atom. The maximum Gasteiger partial charge on any atom is 0.301 e. The summed E-state index contributed by atoms with van der Waals surface area (Å²) in [5.41, 5.74) is -0.0250. The van der Waals surface area contributed by atoms with Crippen LogP contribution in [0, 0.1) is 10.1 Å². The summed E-state index contributed by atoms with van der Waals surface area (Å²) < 4.78 is 1.46. The van der Waals surface area contributed by atoms with Gasteiger partial charge in [0.25, 0.3) is 0 Å². The zero-order chi connectivity index (χ0) is 15.2. The highest BCUT2D eigenvalue weighted by molar-refractivity contribution is 8.03. The van der Waals surface area contributed by atoms with Crippen molar-refractivity contribution in [1.82, 2.24) is 15.2 Å². The summed E-state index contributed by atoms with van der Waals surface area (Å²) in [6, 6.07) is 3.08. The molecule has 0 radical (unpaired) electrons. The topological polar surface area (TPSA) is 93.8 Å². The maximum absolute atomic E-state index is 11.1. The third-order valence-electron chi connectivity index (χ3n) is 2.34. The molecule has 0 atom stereocenters. The molecular weight excluding hydrogens is 330 g/mol. The van der Waals surface area contributed by atoms with Gasteiger partial charge < -0.3 is 5.32 Å². The number of rotatable bonds is 7. The van der Waals surface area contributed by atoms with Crippen LogP contribution in [0.3, 0.4) is 0 Å². The minimum absolute atomic E-state index is 0.0250. The lowest BCUT2D eigenvalue weighted by atomic mass is 10.4. The van der Waals surface area contributed by atoms with Gasteiger partial charge in [0.05, 0.1) is 4.92 Å². The second kappa shape index (κ2) is 7.57. The van der Waals surface area contributed by atoms with Crippen LogP contribution < -0.4 is 5.32 Å². The molecule has 0 aliphatic heterocycles. The van der Waals surface area contributed by atoms with Crippen LogP contribution in [0.15, 0.2) is 25.8 Å². The lowest BCUT2D eigenvalue weighted by Crippen LogP contribution is -2.03. The van der Waals surface area contributed by atoms with Crippen molar-refractivity contribution < 1.29 is 4.92 Å². The van der Waals surface area contributed by atoms with Crippen molar-refractivity contribution in [2.45, 2.75) is 27.0 Å². The molecule has 0 aliphatic rings. The van der Waals surface area contributed by atoms with E-state index in [0.29, 0.717) is 15.2 Å². The highest BCUT2D eigenvalue weighted by Gasteiger charge is 2.19. The lowest BCUT2D eigenvalue weighted by Gasteiger charge is -2.05. The van der Waals surface area contributed by atoms with Crippen molar-refractivity contribution in [2.75, 3.05) is 18.1 Å². The van der Waals surface area contributed by atoms with Gasteiger partial charge in [0.15, 0.2) is 13.7 Å². The molecule has 0 amide bonds. The number of hydrogen-bond acceptors (Lipinski definition) is 9. The standard InChI is InChI=1S/C11H13N5O2S3/c1-3-6-12-8-5-4-7(16(17)18)9(13-8)20-11-15-14-10(19-2)21-11/h4-5H,3,6H2,1-2H3,(H,12,13). The largest absolute Gasteiger partial charge is 0.370 e. The Morgan fingerprint density at radius 3 is 2.76 bits per heavy atom. The molecule has 21 heavy (non-hydrogen) atoms. The molecular formula is C11H13N5O2S3. The van der Waals surface area contributed by atoms with E-state index >= 15 is 0 Å². The van der Waals surface area contributed by atoms with Crippen LogP contribution >= 0.6 is 34.9 Å². The summed E-state index contributed by atoms with van der Waals surface area (Å²) in [5.74, 6) is 0.625. The fraction of sp³-hybridized carbons (Fsp3) is 0.364. The van der Waals surface area contributed by atoms with Crippen molar-refractivity contribution in [3.05, 3.63) is 22.2 Å². The van der Waals surface area contributed by atoms with E-state index in [-0.39, 0.29) is 5.69 Å². The highest BCUT2D eigenvalue weighted by Crippen LogP contribution is 2.36. The molecule has 0 spiro atoms. The average Bonchev–Trinajstić information content (AvgIpc) is 2.92. The lowest BCUT2D eigenvalue weighted by molar-refractivity contribution is -0.388. The fourth-order valence-electron chi connectivity index (χ4n) is 1.40. The molecule has 10 heteroatoms. The van der Waals surface area contributed by atoms with Crippen LogP contribution in [0.1, 0.15) is 13.3 Å². The predicted octanol–water partition coefficient (Wildman–Crippen LogP) is 3.54. The van der Waals surface area contributed by atoms with E-state index in [9.17, 15) is 10.1 Å². The van der Waals surface area contributed by atoms with E-state index in [1.807, 2.05) is 13.2 Å². The minimum Gasteiger partial charge on any atom is -0.370 e. The first-order valence-corrected chi connectivity index (χ1v) is 8.94. The number of hydrogen-bond donors (Lipinski definition) is 1. The van der Waals surface area contributed by atoms with Gasteiger partial charge >= 0.3 is 5.69 Å². The summed E-state index contributed by atoms with van der Waals surface area (Å²) in [6.07, 6.45) is 2.86. The van der Waals surface area contributed by atoms with Gasteiger partial charge in [-0.15, -0.1) is 10.2 Å². The summed E-state index contributed by atoms with van der Waals surface area (Å²) in [4.78, 5) is 15.0. The van der Waals surface area contributed by atoms with E-state index in [2.05, 4.69) is 20.5 Å². The van der Waals surface area contributed by atoms with E-state index in [1.165, 1.54) is 40.9 Å². The Balaban J connectivity index is 2.27. The molecule has 0 saturated heterocycles. The second-order valence-corrected chi connectivity index (χ2v) is 7.11. The molecule has 0 aliphatic carbocycles. The molecule has 2 rings (SSSR count). The van der Waals surface area contributed by atoms with E-state index in [0.717, 1.165) is 17.3 Å². The van der Waals surface area contributed by atoms with Gasteiger partial charge in [0.2, 0.25) is 0 Å². The normalized spacial score (nSPS) is 10.6. The van der Waals surface area contributed by atoms with Crippen LogP contribution in [0.4, 0.5) is 11.5 Å². The summed E-state index contributed by atoms with van der Waals surface area (Å²) in [6.45, 7) is 2.81. The molecule has 0 fully saturated rings. The van der Waals surface area contributed by atoms with Crippen LogP contribution in [-0.2, 0) is 0 Å². The van der Waals surface area contributed by atoms with Crippen molar-refractivity contribution >= 4 is 46.4 Å². The third kappa shape index (κ3) is 4.29. The molecule has 112 valence electrons. The second-order valence-electron chi connectivity index (χ2n) is 3.84. The number of nitro groups is 1. The van der Waals surface area contributed by atoms with Gasteiger partial charge in [0, 0.05) is 12.6 Å². The minimum atomic E-state index is -0.435.